The van der Waals surface area contributed by atoms with Gasteiger partial charge in [-0.1, -0.05) is 79.5 Å². The maximum atomic E-state index is 12.0. The van der Waals surface area contributed by atoms with E-state index in [1.54, 1.807) is 32.2 Å². The minimum atomic E-state index is -0.0112. The molecule has 1 heterocycles. The van der Waals surface area contributed by atoms with Crippen molar-refractivity contribution in [1.82, 2.24) is 20.4 Å². The summed E-state index contributed by atoms with van der Waals surface area (Å²) in [7, 11) is 9.24. The first-order chi connectivity index (χ1) is 23.2. The Balaban J connectivity index is 0. The van der Waals surface area contributed by atoms with Crippen LogP contribution in [0.15, 0.2) is 77.5 Å². The van der Waals surface area contributed by atoms with Crippen LogP contribution in [0.1, 0.15) is 117 Å². The molecule has 0 saturated carbocycles. The number of hydrogen-bond acceptors (Lipinski definition) is 6. The van der Waals surface area contributed by atoms with E-state index in [-0.39, 0.29) is 12.0 Å². The molecule has 1 aliphatic rings. The lowest BCUT2D eigenvalue weighted by Gasteiger charge is -2.30. The highest BCUT2D eigenvalue weighted by Gasteiger charge is 2.18. The average molecular weight is 680 g/mol. The van der Waals surface area contributed by atoms with Gasteiger partial charge in [0.1, 0.15) is 0 Å². The van der Waals surface area contributed by atoms with Crippen LogP contribution in [-0.2, 0) is 4.74 Å². The van der Waals surface area contributed by atoms with Crippen LogP contribution in [0.2, 0.25) is 0 Å². The molecular formula is C42H73N5O2. The number of carbonyl (C=O) groups is 1. The molecule has 7 nitrogen and oxygen atoms in total. The molecule has 0 spiro atoms. The fourth-order valence-electron chi connectivity index (χ4n) is 4.85. The van der Waals surface area contributed by atoms with E-state index >= 15 is 0 Å². The third-order valence-corrected chi connectivity index (χ3v) is 8.03. The Bertz CT molecular complexity index is 1270. The van der Waals surface area contributed by atoms with Gasteiger partial charge in [-0.3, -0.25) is 4.79 Å². The predicted molar refractivity (Wildman–Crippen MR) is 217 cm³/mol. The lowest BCUT2D eigenvalue weighted by atomic mass is 9.92. The number of likely N-dealkylation sites (N-methyl/N-ethyl adjacent to an activating group) is 2. The van der Waals surface area contributed by atoms with Gasteiger partial charge in [0.25, 0.3) is 5.91 Å². The molecule has 7 heteroatoms. The minimum Gasteiger partial charge on any atom is -0.398 e. The smallest absolute Gasteiger partial charge is 0.253 e. The van der Waals surface area contributed by atoms with Gasteiger partial charge in [-0.25, -0.2) is 0 Å². The molecule has 2 rings (SSSR count). The van der Waals surface area contributed by atoms with Gasteiger partial charge in [-0.15, -0.1) is 0 Å². The molecule has 1 aromatic carbocycles. The summed E-state index contributed by atoms with van der Waals surface area (Å²) in [5.41, 5.74) is 15.9. The average Bonchev–Trinajstić information content (AvgIpc) is 3.08. The normalized spacial score (nSPS) is 15.5. The van der Waals surface area contributed by atoms with Crippen LogP contribution in [-0.4, -0.2) is 63.2 Å². The minimum absolute atomic E-state index is 0.0112. The zero-order valence-corrected chi connectivity index (χ0v) is 34.3. The maximum absolute atomic E-state index is 12.0. The van der Waals surface area contributed by atoms with Crippen LogP contribution < -0.4 is 16.4 Å². The second kappa shape index (κ2) is 26.2. The van der Waals surface area contributed by atoms with Crippen molar-refractivity contribution in [2.45, 2.75) is 114 Å². The number of hydrogen-bond donors (Lipinski definition) is 3. The highest BCUT2D eigenvalue weighted by atomic mass is 16.5. The number of nitrogens with two attached hydrogens (primary N) is 1. The molecule has 0 saturated heterocycles. The number of methoxy groups -OCH3 is 1. The molecule has 2 unspecified atom stereocenters. The topological polar surface area (TPSA) is 82.9 Å². The van der Waals surface area contributed by atoms with Crippen molar-refractivity contribution in [2.24, 2.45) is 5.92 Å². The Morgan fingerprint density at radius 3 is 2.20 bits per heavy atom. The zero-order chi connectivity index (χ0) is 38.3. The van der Waals surface area contributed by atoms with E-state index in [0.29, 0.717) is 23.2 Å². The molecule has 1 aliphatic heterocycles. The van der Waals surface area contributed by atoms with Crippen LogP contribution >= 0.6 is 0 Å². The standard InChI is InChI=1S/C21H35N3O.C17H26N2O.2C2H6/c1-15(2)16(3)13-20-18(5)24(7)12-10-21(20)23-11-9-19(22-6)14-17(4)25-8;1-6-8-13(9-7-2)16-12(3)10-14(11-15(16)18)17(20)19(4)5;2*1-2/h9-15,17-18,22-23H,1-8H3;8,10-11H,6-7,9,18H2,1-5H3;2*1-2H3/b11-9-,16-13+,19-14+;13-8+;;. The Hall–Kier alpha value is -3.71. The van der Waals surface area contributed by atoms with Crippen molar-refractivity contribution in [1.29, 1.82) is 0 Å². The molecule has 0 radical (unpaired) electrons. The number of benzene rings is 1. The van der Waals surface area contributed by atoms with Crippen LogP contribution in [0.4, 0.5) is 5.69 Å². The summed E-state index contributed by atoms with van der Waals surface area (Å²) in [6.45, 7) is 25.2. The van der Waals surface area contributed by atoms with Gasteiger partial charge in [0.2, 0.25) is 0 Å². The van der Waals surface area contributed by atoms with E-state index in [1.165, 1.54) is 16.7 Å². The fourth-order valence-corrected chi connectivity index (χ4v) is 4.85. The summed E-state index contributed by atoms with van der Waals surface area (Å²) in [6, 6.07) is 4.07. The number of nitrogen functional groups attached to an aromatic ring is 1. The number of aryl methyl sites for hydroxylation is 1. The number of anilines is 1. The third kappa shape index (κ3) is 16.5. The number of rotatable bonds is 13. The van der Waals surface area contributed by atoms with E-state index in [2.05, 4.69) is 88.6 Å². The van der Waals surface area contributed by atoms with Crippen LogP contribution in [0, 0.1) is 12.8 Å². The second-order valence-electron chi connectivity index (χ2n) is 12.2. The van der Waals surface area contributed by atoms with Gasteiger partial charge in [0.15, 0.2) is 0 Å². The Kier molecular flexibility index (Phi) is 25.3. The van der Waals surface area contributed by atoms with Crippen LogP contribution in [0.25, 0.3) is 5.57 Å². The molecule has 1 aromatic rings. The Labute approximate surface area is 302 Å². The van der Waals surface area contributed by atoms with Crippen molar-refractivity contribution >= 4 is 17.2 Å². The largest absolute Gasteiger partial charge is 0.398 e. The monoisotopic (exact) mass is 680 g/mol. The number of nitrogens with zero attached hydrogens (tertiary/aromatic N) is 2. The van der Waals surface area contributed by atoms with Crippen molar-refractivity contribution in [3.63, 3.8) is 0 Å². The van der Waals surface area contributed by atoms with Gasteiger partial charge in [0.05, 0.1) is 12.1 Å². The van der Waals surface area contributed by atoms with Gasteiger partial charge < -0.3 is 30.9 Å². The van der Waals surface area contributed by atoms with Gasteiger partial charge >= 0.3 is 0 Å². The first kappa shape index (κ1) is 47.4. The summed E-state index contributed by atoms with van der Waals surface area (Å²) in [5, 5.41) is 6.62. The predicted octanol–water partition coefficient (Wildman–Crippen LogP) is 9.86. The van der Waals surface area contributed by atoms with Crippen molar-refractivity contribution in [3.8, 4) is 0 Å². The van der Waals surface area contributed by atoms with E-state index in [9.17, 15) is 4.79 Å². The Morgan fingerprint density at radius 2 is 1.73 bits per heavy atom. The van der Waals surface area contributed by atoms with Crippen LogP contribution in [0.5, 0.6) is 0 Å². The number of carbonyl (C=O) groups excluding carboxylic acids is 1. The molecule has 0 aromatic heterocycles. The summed E-state index contributed by atoms with van der Waals surface area (Å²) in [4.78, 5) is 15.8. The zero-order valence-electron chi connectivity index (χ0n) is 34.3. The third-order valence-electron chi connectivity index (χ3n) is 8.03. The first-order valence-electron chi connectivity index (χ1n) is 18.2. The molecule has 278 valence electrons. The van der Waals surface area contributed by atoms with E-state index in [4.69, 9.17) is 10.5 Å². The SMILES string of the molecule is CC.CC.CC/C=C(\CCC)c1c(C)cc(C(=O)N(C)C)cc1N.CNC(/C=C\NC1=C(/C=C(\C)C(C)C)C(C)N(C)C=C1)=C/C(C)OC. The maximum Gasteiger partial charge on any atom is 0.253 e. The summed E-state index contributed by atoms with van der Waals surface area (Å²) >= 11 is 0. The number of amides is 1. The van der Waals surface area contributed by atoms with E-state index in [1.807, 2.05) is 73.0 Å². The lowest BCUT2D eigenvalue weighted by molar-refractivity contribution is 0.0827. The van der Waals surface area contributed by atoms with E-state index in [0.717, 1.165) is 41.8 Å². The molecule has 4 N–H and O–H groups in total. The quantitative estimate of drug-likeness (QED) is 0.142. The Morgan fingerprint density at radius 1 is 1.12 bits per heavy atom. The lowest BCUT2D eigenvalue weighted by Crippen LogP contribution is -2.31. The molecule has 2 atom stereocenters. The number of allylic oxidation sites excluding steroid dienone is 5. The molecule has 0 aliphatic carbocycles. The second-order valence-corrected chi connectivity index (χ2v) is 12.2. The molecule has 49 heavy (non-hydrogen) atoms. The number of nitrogens with one attached hydrogen (secondary N) is 2. The summed E-state index contributed by atoms with van der Waals surface area (Å²) in [5.74, 6) is 0.532. The molecule has 0 bridgehead atoms. The van der Waals surface area contributed by atoms with Crippen molar-refractivity contribution < 1.29 is 9.53 Å². The molecule has 1 amide bonds. The first-order valence-corrected chi connectivity index (χ1v) is 18.2. The van der Waals surface area contributed by atoms with Gasteiger partial charge in [0, 0.05) is 75.9 Å². The molecular weight excluding hydrogens is 606 g/mol. The van der Waals surface area contributed by atoms with Crippen molar-refractivity contribution in [3.05, 3.63) is 94.1 Å². The summed E-state index contributed by atoms with van der Waals surface area (Å²) < 4.78 is 5.28. The number of ether oxygens (including phenoxy) is 1. The highest BCUT2D eigenvalue weighted by Crippen LogP contribution is 2.31. The highest BCUT2D eigenvalue weighted by molar-refractivity contribution is 5.96. The molecule has 0 fully saturated rings. The van der Waals surface area contributed by atoms with Gasteiger partial charge in [-0.05, 0) is 93.5 Å². The fraction of sp³-hybridized carbons (Fsp3) is 0.548. The van der Waals surface area contributed by atoms with E-state index < -0.39 is 0 Å². The van der Waals surface area contributed by atoms with Crippen molar-refractivity contribution in [2.75, 3.05) is 41.0 Å². The van der Waals surface area contributed by atoms with Crippen LogP contribution in [0.3, 0.4) is 0 Å². The van der Waals surface area contributed by atoms with Gasteiger partial charge in [-0.2, -0.15) is 0 Å². The summed E-state index contributed by atoms with van der Waals surface area (Å²) in [6.07, 6.45) is 18.0.